The Balaban J connectivity index is 1.95. The van der Waals surface area contributed by atoms with E-state index in [2.05, 4.69) is 21.2 Å². The number of carbonyl (C=O) groups excluding carboxylic acids is 1. The van der Waals surface area contributed by atoms with Crippen LogP contribution in [0.4, 0.5) is 0 Å². The number of hydrogen-bond acceptors (Lipinski definition) is 4. The van der Waals surface area contributed by atoms with E-state index in [9.17, 15) is 4.79 Å². The maximum atomic E-state index is 12.1. The molecule has 2 rings (SSSR count). The SMILES string of the molecule is COc1ccc([C@@H](C)NC(=O)COc2ccc(Cl)cc2Br)cc1OC. The van der Waals surface area contributed by atoms with Crippen molar-refractivity contribution in [2.24, 2.45) is 0 Å². The molecule has 0 spiro atoms. The second-order valence-corrected chi connectivity index (χ2v) is 6.56. The fraction of sp³-hybridized carbons (Fsp3) is 0.278. The number of halogens is 2. The molecule has 2 aromatic rings. The molecule has 5 nitrogen and oxygen atoms in total. The highest BCUT2D eigenvalue weighted by Crippen LogP contribution is 2.30. The summed E-state index contributed by atoms with van der Waals surface area (Å²) in [5.74, 6) is 1.57. The standard InChI is InChI=1S/C18H19BrClNO4/c1-11(12-4-6-16(23-2)17(8-12)24-3)21-18(22)10-25-15-7-5-13(20)9-14(15)19/h4-9,11H,10H2,1-3H3,(H,21,22)/t11-/m1/s1. The first-order chi connectivity index (χ1) is 11.9. The summed E-state index contributed by atoms with van der Waals surface area (Å²) in [4.78, 5) is 12.1. The summed E-state index contributed by atoms with van der Waals surface area (Å²) < 4.78 is 16.7. The molecule has 1 atom stereocenters. The predicted octanol–water partition coefficient (Wildman–Crippen LogP) is 4.38. The Bertz CT molecular complexity index is 754. The molecule has 134 valence electrons. The molecule has 1 amide bonds. The summed E-state index contributed by atoms with van der Waals surface area (Å²) in [6.07, 6.45) is 0. The van der Waals surface area contributed by atoms with Gasteiger partial charge in [0.2, 0.25) is 0 Å². The predicted molar refractivity (Wildman–Crippen MR) is 101 cm³/mol. The molecule has 0 aliphatic carbocycles. The van der Waals surface area contributed by atoms with Crippen molar-refractivity contribution in [1.82, 2.24) is 5.32 Å². The first kappa shape index (κ1) is 19.4. The summed E-state index contributed by atoms with van der Waals surface area (Å²) in [5.41, 5.74) is 0.902. The summed E-state index contributed by atoms with van der Waals surface area (Å²) in [6, 6.07) is 10.4. The van der Waals surface area contributed by atoms with Gasteiger partial charge in [-0.3, -0.25) is 4.79 Å². The lowest BCUT2D eigenvalue weighted by Crippen LogP contribution is -2.31. The Morgan fingerprint density at radius 3 is 2.44 bits per heavy atom. The van der Waals surface area contributed by atoms with Crippen molar-refractivity contribution in [2.75, 3.05) is 20.8 Å². The van der Waals surface area contributed by atoms with E-state index >= 15 is 0 Å². The van der Waals surface area contributed by atoms with Gasteiger partial charge in [0.05, 0.1) is 24.7 Å². The fourth-order valence-electron chi connectivity index (χ4n) is 2.22. The van der Waals surface area contributed by atoms with Crippen LogP contribution in [-0.2, 0) is 4.79 Å². The topological polar surface area (TPSA) is 56.8 Å². The Morgan fingerprint density at radius 2 is 1.80 bits per heavy atom. The van der Waals surface area contributed by atoms with Gasteiger partial charge in [0.15, 0.2) is 18.1 Å². The van der Waals surface area contributed by atoms with Crippen LogP contribution in [-0.4, -0.2) is 26.7 Å². The first-order valence-electron chi connectivity index (χ1n) is 7.53. The second-order valence-electron chi connectivity index (χ2n) is 5.27. The van der Waals surface area contributed by atoms with Crippen molar-refractivity contribution in [3.05, 3.63) is 51.5 Å². The maximum Gasteiger partial charge on any atom is 0.258 e. The molecule has 25 heavy (non-hydrogen) atoms. The number of amides is 1. The zero-order chi connectivity index (χ0) is 18.4. The Kier molecular flexibility index (Phi) is 6.96. The second kappa shape index (κ2) is 8.97. The van der Waals surface area contributed by atoms with Crippen LogP contribution < -0.4 is 19.5 Å². The quantitative estimate of drug-likeness (QED) is 0.711. The van der Waals surface area contributed by atoms with Gasteiger partial charge in [0, 0.05) is 5.02 Å². The lowest BCUT2D eigenvalue weighted by Gasteiger charge is -2.17. The van der Waals surface area contributed by atoms with E-state index in [0.717, 1.165) is 5.56 Å². The van der Waals surface area contributed by atoms with Gasteiger partial charge in [-0.15, -0.1) is 0 Å². The van der Waals surface area contributed by atoms with Crippen LogP contribution in [0.3, 0.4) is 0 Å². The van der Waals surface area contributed by atoms with Crippen LogP contribution in [0.25, 0.3) is 0 Å². The highest BCUT2D eigenvalue weighted by atomic mass is 79.9. The minimum atomic E-state index is -0.232. The van der Waals surface area contributed by atoms with Crippen LogP contribution >= 0.6 is 27.5 Å². The number of benzene rings is 2. The zero-order valence-electron chi connectivity index (χ0n) is 14.1. The smallest absolute Gasteiger partial charge is 0.258 e. The van der Waals surface area contributed by atoms with Gasteiger partial charge in [-0.2, -0.15) is 0 Å². The van der Waals surface area contributed by atoms with Crippen molar-refractivity contribution in [2.45, 2.75) is 13.0 Å². The van der Waals surface area contributed by atoms with Crippen LogP contribution in [0.2, 0.25) is 5.02 Å². The number of ether oxygens (including phenoxy) is 3. The van der Waals surface area contributed by atoms with Crippen LogP contribution in [0, 0.1) is 0 Å². The molecule has 0 unspecified atom stereocenters. The molecule has 0 aromatic heterocycles. The first-order valence-corrected chi connectivity index (χ1v) is 8.70. The monoisotopic (exact) mass is 427 g/mol. The lowest BCUT2D eigenvalue weighted by atomic mass is 10.1. The molecule has 0 bridgehead atoms. The Morgan fingerprint density at radius 1 is 1.12 bits per heavy atom. The van der Waals surface area contributed by atoms with Crippen LogP contribution in [0.1, 0.15) is 18.5 Å². The average Bonchev–Trinajstić information content (AvgIpc) is 2.60. The van der Waals surface area contributed by atoms with Crippen molar-refractivity contribution < 1.29 is 19.0 Å². The number of rotatable bonds is 7. The van der Waals surface area contributed by atoms with E-state index in [1.807, 2.05) is 19.1 Å². The molecule has 2 aromatic carbocycles. The van der Waals surface area contributed by atoms with Crippen molar-refractivity contribution in [3.63, 3.8) is 0 Å². The van der Waals surface area contributed by atoms with Gasteiger partial charge in [-0.05, 0) is 58.7 Å². The summed E-state index contributed by atoms with van der Waals surface area (Å²) in [6.45, 7) is 1.79. The molecule has 0 radical (unpaired) electrons. The van der Waals surface area contributed by atoms with Crippen molar-refractivity contribution >= 4 is 33.4 Å². The average molecular weight is 429 g/mol. The molecule has 0 fully saturated rings. The minimum absolute atomic E-state index is 0.0993. The van der Waals surface area contributed by atoms with Gasteiger partial charge in [-0.25, -0.2) is 0 Å². The lowest BCUT2D eigenvalue weighted by molar-refractivity contribution is -0.123. The van der Waals surface area contributed by atoms with Gasteiger partial charge >= 0.3 is 0 Å². The number of methoxy groups -OCH3 is 2. The molecule has 7 heteroatoms. The maximum absolute atomic E-state index is 12.1. The fourth-order valence-corrected chi connectivity index (χ4v) is 3.02. The molecule has 0 aliphatic rings. The molecule has 1 N–H and O–H groups in total. The Labute approximate surface area is 160 Å². The van der Waals surface area contributed by atoms with Gasteiger partial charge < -0.3 is 19.5 Å². The summed E-state index contributed by atoms with van der Waals surface area (Å²) >= 11 is 9.23. The zero-order valence-corrected chi connectivity index (χ0v) is 16.5. The van der Waals surface area contributed by atoms with E-state index in [0.29, 0.717) is 26.7 Å². The third-order valence-electron chi connectivity index (χ3n) is 3.54. The van der Waals surface area contributed by atoms with Gasteiger partial charge in [0.1, 0.15) is 5.75 Å². The largest absolute Gasteiger partial charge is 0.493 e. The molecular formula is C18H19BrClNO4. The van der Waals surface area contributed by atoms with Crippen LogP contribution in [0.15, 0.2) is 40.9 Å². The van der Waals surface area contributed by atoms with Gasteiger partial charge in [0.25, 0.3) is 5.91 Å². The van der Waals surface area contributed by atoms with E-state index < -0.39 is 0 Å². The molecule has 0 aliphatic heterocycles. The highest BCUT2D eigenvalue weighted by molar-refractivity contribution is 9.10. The third kappa shape index (κ3) is 5.28. The summed E-state index contributed by atoms with van der Waals surface area (Å²) in [5, 5.41) is 3.47. The number of hydrogen-bond donors (Lipinski definition) is 1. The van der Waals surface area contributed by atoms with E-state index in [1.54, 1.807) is 38.5 Å². The summed E-state index contributed by atoms with van der Waals surface area (Å²) in [7, 11) is 3.15. The van der Waals surface area contributed by atoms with Crippen molar-refractivity contribution in [3.8, 4) is 17.2 Å². The molecule has 0 saturated carbocycles. The molecule has 0 saturated heterocycles. The molecular weight excluding hydrogens is 410 g/mol. The molecule has 0 heterocycles. The minimum Gasteiger partial charge on any atom is -0.493 e. The van der Waals surface area contributed by atoms with E-state index in [4.69, 9.17) is 25.8 Å². The Hall–Kier alpha value is -1.92. The third-order valence-corrected chi connectivity index (χ3v) is 4.39. The van der Waals surface area contributed by atoms with E-state index in [-0.39, 0.29) is 18.6 Å². The highest BCUT2D eigenvalue weighted by Gasteiger charge is 2.13. The number of nitrogens with one attached hydrogen (secondary N) is 1. The van der Waals surface area contributed by atoms with E-state index in [1.165, 1.54) is 0 Å². The van der Waals surface area contributed by atoms with Gasteiger partial charge in [-0.1, -0.05) is 17.7 Å². The van der Waals surface area contributed by atoms with Crippen LogP contribution in [0.5, 0.6) is 17.2 Å². The van der Waals surface area contributed by atoms with Crippen molar-refractivity contribution in [1.29, 1.82) is 0 Å². The number of carbonyl (C=O) groups is 1. The normalized spacial score (nSPS) is 11.6.